The van der Waals surface area contributed by atoms with Crippen LogP contribution in [0.2, 0.25) is 0 Å². The van der Waals surface area contributed by atoms with Crippen LogP contribution in [0.1, 0.15) is 98.8 Å². The van der Waals surface area contributed by atoms with Crippen LogP contribution in [0.4, 0.5) is 4.79 Å². The van der Waals surface area contributed by atoms with Crippen molar-refractivity contribution < 1.29 is 29.2 Å². The van der Waals surface area contributed by atoms with Gasteiger partial charge in [-0.05, 0) is 118 Å². The average molecular weight is 560 g/mol. The van der Waals surface area contributed by atoms with Gasteiger partial charge in [0.15, 0.2) is 0 Å². The highest BCUT2D eigenvalue weighted by molar-refractivity contribution is 5.68. The molecule has 7 rings (SSSR count). The Morgan fingerprint density at radius 3 is 2.40 bits per heavy atom. The van der Waals surface area contributed by atoms with Gasteiger partial charge in [0.2, 0.25) is 0 Å². The Bertz CT molecular complexity index is 1020. The fourth-order valence-corrected chi connectivity index (χ4v) is 12.1. The number of amides is 1. The zero-order valence-corrected chi connectivity index (χ0v) is 25.5. The number of aliphatic hydroxyl groups excluding tert-OH is 1. The lowest BCUT2D eigenvalue weighted by molar-refractivity contribution is -0.177. The third kappa shape index (κ3) is 3.78. The van der Waals surface area contributed by atoms with Gasteiger partial charge in [-0.15, -0.1) is 0 Å². The molecule has 7 aliphatic rings. The summed E-state index contributed by atoms with van der Waals surface area (Å²) in [6, 6.07) is 0. The molecular weight excluding hydrogens is 506 g/mol. The van der Waals surface area contributed by atoms with Crippen LogP contribution in [0.5, 0.6) is 0 Å². The number of rotatable bonds is 3. The molecule has 1 amide bonds. The van der Waals surface area contributed by atoms with Crippen molar-refractivity contribution in [2.45, 2.75) is 129 Å². The van der Waals surface area contributed by atoms with Gasteiger partial charge in [-0.3, -0.25) is 0 Å². The van der Waals surface area contributed by atoms with E-state index < -0.39 is 11.7 Å². The van der Waals surface area contributed by atoms with Crippen molar-refractivity contribution in [3.8, 4) is 0 Å². The molecule has 7 nitrogen and oxygen atoms in total. The topological polar surface area (TPSA) is 88.5 Å². The van der Waals surface area contributed by atoms with E-state index in [9.17, 15) is 15.0 Å². The van der Waals surface area contributed by atoms with Crippen LogP contribution in [0.3, 0.4) is 0 Å². The molecule has 2 heterocycles. The standard InChI is InChI=1S/C33H53NO6/c1-29(2)25-9-7-20-22-18-24-21(6-8-23(39-24)27(35)30(3,4)37)31(22,5)12-13-32(20)19-33(25,32)11-10-26(29)40-28(36)34-14-16-38-17-15-34/h20-27,35,37H,6-19H2,1-5H3/t20?,21?,22?,23?,24?,25?,26-,27-,31?,32-,33?/m0/s1. The predicted molar refractivity (Wildman–Crippen MR) is 151 cm³/mol. The second-order valence-corrected chi connectivity index (χ2v) is 16.4. The predicted octanol–water partition coefficient (Wildman–Crippen LogP) is 5.16. The maximum atomic E-state index is 13.0. The van der Waals surface area contributed by atoms with Gasteiger partial charge < -0.3 is 29.3 Å². The van der Waals surface area contributed by atoms with Crippen molar-refractivity contribution >= 4 is 6.09 Å². The minimum atomic E-state index is -1.14. The molecule has 8 unspecified atom stereocenters. The van der Waals surface area contributed by atoms with Crippen LogP contribution in [0, 0.1) is 45.3 Å². The number of nitrogens with zero attached hydrogens (tertiary/aromatic N) is 1. The van der Waals surface area contributed by atoms with Crippen LogP contribution < -0.4 is 0 Å². The average Bonchev–Trinajstić information content (AvgIpc) is 3.49. The van der Waals surface area contributed by atoms with Gasteiger partial charge >= 0.3 is 6.09 Å². The third-order valence-electron chi connectivity index (χ3n) is 14.1. The third-order valence-corrected chi connectivity index (χ3v) is 14.1. The highest BCUT2D eigenvalue weighted by atomic mass is 16.6. The summed E-state index contributed by atoms with van der Waals surface area (Å²) in [5, 5.41) is 21.3. The van der Waals surface area contributed by atoms with Gasteiger partial charge in [0.25, 0.3) is 0 Å². The molecule has 2 spiro atoms. The molecule has 226 valence electrons. The maximum Gasteiger partial charge on any atom is 0.410 e. The van der Waals surface area contributed by atoms with Crippen LogP contribution in [0.25, 0.3) is 0 Å². The summed E-state index contributed by atoms with van der Waals surface area (Å²) < 4.78 is 18.4. The van der Waals surface area contributed by atoms with Crippen LogP contribution in [-0.2, 0) is 14.2 Å². The fraction of sp³-hybridized carbons (Fsp3) is 0.970. The quantitative estimate of drug-likeness (QED) is 0.497. The first-order valence-electron chi connectivity index (χ1n) is 16.4. The summed E-state index contributed by atoms with van der Waals surface area (Å²) in [6.07, 6.45) is 10.7. The number of morpholine rings is 1. The van der Waals surface area contributed by atoms with E-state index in [0.29, 0.717) is 60.3 Å². The molecule has 0 aromatic heterocycles. The Labute approximate surface area is 240 Å². The molecule has 7 heteroatoms. The Kier molecular flexibility index (Phi) is 6.32. The lowest BCUT2D eigenvalue weighted by atomic mass is 9.46. The number of fused-ring (bicyclic) bond motifs is 4. The summed E-state index contributed by atoms with van der Waals surface area (Å²) in [6.45, 7) is 13.2. The van der Waals surface area contributed by atoms with E-state index in [1.54, 1.807) is 13.8 Å². The molecule has 5 saturated carbocycles. The van der Waals surface area contributed by atoms with Gasteiger partial charge in [-0.25, -0.2) is 4.79 Å². The molecule has 2 N–H and O–H groups in total. The fourth-order valence-electron chi connectivity index (χ4n) is 12.1. The normalized spacial score (nSPS) is 50.0. The van der Waals surface area contributed by atoms with Gasteiger partial charge in [0.05, 0.1) is 31.0 Å². The number of aliphatic hydroxyl groups is 2. The maximum absolute atomic E-state index is 13.0. The summed E-state index contributed by atoms with van der Waals surface area (Å²) >= 11 is 0. The summed E-state index contributed by atoms with van der Waals surface area (Å²) in [7, 11) is 0. The molecule has 5 aliphatic carbocycles. The molecule has 11 atom stereocenters. The van der Waals surface area contributed by atoms with Crippen molar-refractivity contribution in [1.29, 1.82) is 0 Å². The molecule has 0 bridgehead atoms. The molecule has 7 fully saturated rings. The highest BCUT2D eigenvalue weighted by Gasteiger charge is 2.81. The number of ether oxygens (including phenoxy) is 3. The summed E-state index contributed by atoms with van der Waals surface area (Å²) in [4.78, 5) is 14.9. The lowest BCUT2D eigenvalue weighted by Gasteiger charge is -2.59. The van der Waals surface area contributed by atoms with Crippen LogP contribution in [0.15, 0.2) is 0 Å². The van der Waals surface area contributed by atoms with E-state index in [4.69, 9.17) is 14.2 Å². The first kappa shape index (κ1) is 27.9. The first-order valence-corrected chi connectivity index (χ1v) is 16.4. The van der Waals surface area contributed by atoms with Crippen molar-refractivity contribution in [2.75, 3.05) is 26.3 Å². The number of carbonyl (C=O) groups is 1. The summed E-state index contributed by atoms with van der Waals surface area (Å²) in [5.74, 6) is 2.63. The number of hydrogen-bond acceptors (Lipinski definition) is 6. The zero-order valence-electron chi connectivity index (χ0n) is 25.5. The number of hydrogen-bond donors (Lipinski definition) is 2. The second kappa shape index (κ2) is 9.06. The van der Waals surface area contributed by atoms with E-state index in [1.165, 1.54) is 38.5 Å². The monoisotopic (exact) mass is 559 g/mol. The Balaban J connectivity index is 1.07. The van der Waals surface area contributed by atoms with Crippen molar-refractivity contribution in [1.82, 2.24) is 4.90 Å². The molecule has 0 aromatic rings. The Morgan fingerprint density at radius 2 is 1.68 bits per heavy atom. The smallest absolute Gasteiger partial charge is 0.410 e. The van der Waals surface area contributed by atoms with E-state index >= 15 is 0 Å². The zero-order chi connectivity index (χ0) is 28.3. The largest absolute Gasteiger partial charge is 0.446 e. The van der Waals surface area contributed by atoms with Crippen LogP contribution >= 0.6 is 0 Å². The molecule has 40 heavy (non-hydrogen) atoms. The van der Waals surface area contributed by atoms with E-state index in [1.807, 2.05) is 4.90 Å². The van der Waals surface area contributed by atoms with Gasteiger partial charge in [-0.1, -0.05) is 20.8 Å². The Hall–Kier alpha value is -0.890. The van der Waals surface area contributed by atoms with E-state index in [-0.39, 0.29) is 29.8 Å². The number of carbonyl (C=O) groups excluding carboxylic acids is 1. The SMILES string of the molecule is CC12CC[C@@]34CC35CC[C@H](OC(=O)N3CCOCC3)C(C)(C)C5CCC4C1CC1OC([C@H](O)C(C)(C)O)CCC12. The van der Waals surface area contributed by atoms with Gasteiger partial charge in [0, 0.05) is 18.5 Å². The van der Waals surface area contributed by atoms with Gasteiger partial charge in [-0.2, -0.15) is 0 Å². The second-order valence-electron chi connectivity index (χ2n) is 16.4. The van der Waals surface area contributed by atoms with E-state index in [0.717, 1.165) is 31.6 Å². The first-order chi connectivity index (χ1) is 18.8. The van der Waals surface area contributed by atoms with Crippen molar-refractivity contribution in [3.05, 3.63) is 0 Å². The summed E-state index contributed by atoms with van der Waals surface area (Å²) in [5.41, 5.74) is 0.0373. The van der Waals surface area contributed by atoms with Crippen molar-refractivity contribution in [2.24, 2.45) is 45.3 Å². The minimum absolute atomic E-state index is 0.0107. The Morgan fingerprint density at radius 1 is 0.950 bits per heavy atom. The lowest BCUT2D eigenvalue weighted by Crippen LogP contribution is -2.56. The highest BCUT2D eigenvalue weighted by Crippen LogP contribution is 2.87. The van der Waals surface area contributed by atoms with Crippen LogP contribution in [-0.4, -0.2) is 77.5 Å². The van der Waals surface area contributed by atoms with E-state index in [2.05, 4.69) is 20.8 Å². The molecule has 0 aromatic carbocycles. The molecule has 2 aliphatic heterocycles. The molecule has 2 saturated heterocycles. The van der Waals surface area contributed by atoms with Gasteiger partial charge in [0.1, 0.15) is 12.2 Å². The minimum Gasteiger partial charge on any atom is -0.446 e. The molecule has 0 radical (unpaired) electrons. The molecular formula is C33H53NO6. The van der Waals surface area contributed by atoms with Crippen molar-refractivity contribution in [3.63, 3.8) is 0 Å².